The Morgan fingerprint density at radius 2 is 1.68 bits per heavy atom. The summed E-state index contributed by atoms with van der Waals surface area (Å²) in [6.45, 7) is 7.13. The zero-order chi connectivity index (χ0) is 41.6. The summed E-state index contributed by atoms with van der Waals surface area (Å²) in [4.78, 5) is 63.2. The molecule has 2 saturated carbocycles. The minimum Gasteiger partial charge on any atom is -0.490 e. The first-order valence-corrected chi connectivity index (χ1v) is 21.1. The van der Waals surface area contributed by atoms with Gasteiger partial charge in [0.25, 0.3) is 5.91 Å². The molecule has 2 aromatic carbocycles. The average molecular weight is 828 g/mol. The fourth-order valence-corrected chi connectivity index (χ4v) is 8.86. The summed E-state index contributed by atoms with van der Waals surface area (Å²) in [6, 6.07) is 11.1. The van der Waals surface area contributed by atoms with Crippen LogP contribution in [-0.4, -0.2) is 88.3 Å². The van der Waals surface area contributed by atoms with Gasteiger partial charge in [-0.1, -0.05) is 11.6 Å². The van der Waals surface area contributed by atoms with Gasteiger partial charge in [0.05, 0.1) is 34.6 Å². The number of anilines is 1. The first kappa shape index (κ1) is 42.0. The molecule has 2 N–H and O–H groups in total. The number of nitrogens with one attached hydrogen (secondary N) is 2. The SMILES string of the molecule is CC(C)N(CC1CCN(c2cnc(C(=O)CC3CCC(Oc4ccc(C#N)c(Cl)c4)CC3)cn2)CC1)C1CC(Oc2ccc(C(=O)NC3CCC(=O)NC3=O)c(F)c2)C1. The topological polar surface area (TPSA) is 167 Å². The molecule has 2 saturated heterocycles. The Labute approximate surface area is 349 Å². The Morgan fingerprint density at radius 1 is 0.966 bits per heavy atom. The number of nitrogens with zero attached hydrogens (tertiary/aromatic N) is 5. The number of aromatic nitrogens is 2. The van der Waals surface area contributed by atoms with Crippen LogP contribution in [-0.2, 0) is 9.59 Å². The molecule has 3 aromatic rings. The lowest BCUT2D eigenvalue weighted by molar-refractivity contribution is -0.134. The highest BCUT2D eigenvalue weighted by Gasteiger charge is 2.38. The van der Waals surface area contributed by atoms with Gasteiger partial charge in [-0.25, -0.2) is 14.4 Å². The van der Waals surface area contributed by atoms with Crippen LogP contribution in [0.2, 0.25) is 5.02 Å². The highest BCUT2D eigenvalue weighted by Crippen LogP contribution is 2.35. The number of hydrogen-bond acceptors (Lipinski definition) is 11. The largest absolute Gasteiger partial charge is 0.490 e. The zero-order valence-corrected chi connectivity index (χ0v) is 34.3. The van der Waals surface area contributed by atoms with Crippen LogP contribution >= 0.6 is 11.6 Å². The normalized spacial score (nSPS) is 23.6. The lowest BCUT2D eigenvalue weighted by atomic mass is 9.84. The van der Waals surface area contributed by atoms with Gasteiger partial charge in [0, 0.05) is 69.5 Å². The molecular formula is C44H51ClFN7O6. The first-order chi connectivity index (χ1) is 28.4. The number of rotatable bonds is 14. The van der Waals surface area contributed by atoms with Gasteiger partial charge in [-0.05, 0) is 94.9 Å². The van der Waals surface area contributed by atoms with E-state index in [-0.39, 0.29) is 42.3 Å². The fourth-order valence-electron chi connectivity index (χ4n) is 8.64. The number of amides is 3. The van der Waals surface area contributed by atoms with E-state index in [0.717, 1.165) is 76.8 Å². The van der Waals surface area contributed by atoms with E-state index in [1.54, 1.807) is 36.7 Å². The van der Waals surface area contributed by atoms with Crippen molar-refractivity contribution in [1.29, 1.82) is 5.26 Å². The van der Waals surface area contributed by atoms with E-state index in [4.69, 9.17) is 26.3 Å². The maximum Gasteiger partial charge on any atom is 0.254 e. The van der Waals surface area contributed by atoms with E-state index >= 15 is 0 Å². The lowest BCUT2D eigenvalue weighted by Gasteiger charge is -2.46. The van der Waals surface area contributed by atoms with Crippen LogP contribution in [0.3, 0.4) is 0 Å². The third-order valence-corrected chi connectivity index (χ3v) is 12.5. The first-order valence-electron chi connectivity index (χ1n) is 20.7. The van der Waals surface area contributed by atoms with Gasteiger partial charge in [0.1, 0.15) is 47.0 Å². The smallest absolute Gasteiger partial charge is 0.254 e. The molecule has 3 heterocycles. The number of hydrogen-bond donors (Lipinski definition) is 2. The summed E-state index contributed by atoms with van der Waals surface area (Å²) in [7, 11) is 0. The number of halogens is 2. The molecule has 0 bridgehead atoms. The van der Waals surface area contributed by atoms with Crippen LogP contribution < -0.4 is 25.0 Å². The van der Waals surface area contributed by atoms with Gasteiger partial charge in [-0.15, -0.1) is 0 Å². The van der Waals surface area contributed by atoms with Crippen LogP contribution in [0.5, 0.6) is 11.5 Å². The molecule has 1 atom stereocenters. The van der Waals surface area contributed by atoms with Gasteiger partial charge < -0.3 is 19.7 Å². The highest BCUT2D eigenvalue weighted by atomic mass is 35.5. The number of imide groups is 1. The van der Waals surface area contributed by atoms with Crippen molar-refractivity contribution in [3.05, 3.63) is 76.5 Å². The van der Waals surface area contributed by atoms with Crippen LogP contribution in [0.1, 0.15) is 111 Å². The van der Waals surface area contributed by atoms with E-state index < -0.39 is 29.6 Å². The average Bonchev–Trinajstić information content (AvgIpc) is 3.20. The molecule has 13 nitrogen and oxygen atoms in total. The zero-order valence-electron chi connectivity index (χ0n) is 33.5. The van der Waals surface area contributed by atoms with E-state index in [1.165, 1.54) is 12.1 Å². The van der Waals surface area contributed by atoms with E-state index in [1.807, 2.05) is 0 Å². The number of carbonyl (C=O) groups is 4. The van der Waals surface area contributed by atoms with Gasteiger partial charge in [0.15, 0.2) is 5.78 Å². The number of Topliss-reactive ketones (excluding diaryl/α,β-unsaturated/α-hetero) is 1. The quantitative estimate of drug-likeness (QED) is 0.136. The number of piperidine rings is 2. The van der Waals surface area contributed by atoms with Crippen LogP contribution in [0.15, 0.2) is 48.8 Å². The van der Waals surface area contributed by atoms with Crippen molar-refractivity contribution in [3.8, 4) is 17.6 Å². The van der Waals surface area contributed by atoms with Crippen LogP contribution in [0.4, 0.5) is 10.2 Å². The Hall–Kier alpha value is -5.13. The number of ketones is 1. The van der Waals surface area contributed by atoms with Gasteiger partial charge >= 0.3 is 0 Å². The van der Waals surface area contributed by atoms with Crippen molar-refractivity contribution >= 4 is 40.9 Å². The molecule has 2 aliphatic carbocycles. The van der Waals surface area contributed by atoms with Crippen molar-refractivity contribution in [3.63, 3.8) is 0 Å². The van der Waals surface area contributed by atoms with Crippen LogP contribution in [0.25, 0.3) is 0 Å². The molecule has 1 aromatic heterocycles. The molecule has 0 spiro atoms. The van der Waals surface area contributed by atoms with E-state index in [9.17, 15) is 23.6 Å². The summed E-state index contributed by atoms with van der Waals surface area (Å²) in [5.41, 5.74) is 0.637. The molecule has 59 heavy (non-hydrogen) atoms. The molecule has 2 aliphatic heterocycles. The second-order valence-electron chi connectivity index (χ2n) is 16.6. The van der Waals surface area contributed by atoms with Gasteiger partial charge in [0.2, 0.25) is 11.8 Å². The van der Waals surface area contributed by atoms with Crippen molar-refractivity contribution in [2.24, 2.45) is 11.8 Å². The Balaban J connectivity index is 0.811. The summed E-state index contributed by atoms with van der Waals surface area (Å²) >= 11 is 6.16. The highest BCUT2D eigenvalue weighted by molar-refractivity contribution is 6.31. The maximum atomic E-state index is 15.0. The van der Waals surface area contributed by atoms with Gasteiger partial charge in [-0.3, -0.25) is 29.4 Å². The predicted molar refractivity (Wildman–Crippen MR) is 218 cm³/mol. The second-order valence-corrected chi connectivity index (χ2v) is 17.0. The summed E-state index contributed by atoms with van der Waals surface area (Å²) in [5, 5.41) is 14.2. The second kappa shape index (κ2) is 18.8. The monoisotopic (exact) mass is 827 g/mol. The molecule has 15 heteroatoms. The molecule has 0 radical (unpaired) electrons. The van der Waals surface area contributed by atoms with Gasteiger partial charge in [-0.2, -0.15) is 5.26 Å². The van der Waals surface area contributed by atoms with Crippen molar-refractivity contribution in [1.82, 2.24) is 25.5 Å². The summed E-state index contributed by atoms with van der Waals surface area (Å²) in [6.07, 6.45) is 11.2. The number of carbonyl (C=O) groups excluding carboxylic acids is 4. The minimum atomic E-state index is -0.885. The molecule has 1 unspecified atom stereocenters. The summed E-state index contributed by atoms with van der Waals surface area (Å²) < 4.78 is 27.2. The molecule has 7 rings (SSSR count). The maximum absolute atomic E-state index is 15.0. The number of ether oxygens (including phenoxy) is 2. The van der Waals surface area contributed by atoms with Crippen molar-refractivity contribution in [2.75, 3.05) is 24.5 Å². The third kappa shape index (κ3) is 10.6. The van der Waals surface area contributed by atoms with Crippen molar-refractivity contribution < 1.29 is 33.0 Å². The van der Waals surface area contributed by atoms with Crippen molar-refractivity contribution in [2.45, 2.75) is 115 Å². The van der Waals surface area contributed by atoms with Crippen LogP contribution in [0, 0.1) is 29.0 Å². The number of benzene rings is 2. The predicted octanol–water partition coefficient (Wildman–Crippen LogP) is 6.42. The minimum absolute atomic E-state index is 0.0153. The van der Waals surface area contributed by atoms with E-state index in [2.05, 4.69) is 50.3 Å². The van der Waals surface area contributed by atoms with E-state index in [0.29, 0.717) is 52.2 Å². The standard InChI is InChI=1S/C44H51ClFN7O6/c1-26(2)53(30-18-34(19-30)59-33-9-10-35(37(46)21-33)43(56)50-38-11-12-42(55)51-44(38)57)25-28-13-15-52(16-14-28)41-24-48-39(23-49-41)40(54)17-27-3-6-31(7-4-27)58-32-8-5-29(22-47)36(45)20-32/h5,8-10,20-21,23-24,26-28,30-31,34,38H,3-4,6-7,11-19,25H2,1-2H3,(H,50,56)(H,51,55,57). The molecule has 4 fully saturated rings. The Morgan fingerprint density at radius 3 is 2.32 bits per heavy atom. The number of nitriles is 1. The molecule has 4 aliphatic rings. The molecule has 312 valence electrons. The lowest BCUT2D eigenvalue weighted by Crippen LogP contribution is -2.53. The molecular weight excluding hydrogens is 777 g/mol. The Kier molecular flexibility index (Phi) is 13.4. The molecule has 3 amide bonds. The fraction of sp³-hybridized carbons (Fsp3) is 0.523. The Bertz CT molecular complexity index is 2060. The third-order valence-electron chi connectivity index (χ3n) is 12.2. The summed E-state index contributed by atoms with van der Waals surface area (Å²) in [5.74, 6) is 0.177.